The lowest BCUT2D eigenvalue weighted by atomic mass is 9.86. The van der Waals surface area contributed by atoms with Gasteiger partial charge in [-0.2, -0.15) is 4.98 Å². The van der Waals surface area contributed by atoms with Crippen molar-refractivity contribution in [3.8, 4) is 0 Å². The van der Waals surface area contributed by atoms with Crippen molar-refractivity contribution in [2.45, 2.75) is 66.0 Å². The molecule has 152 valence electrons. The predicted molar refractivity (Wildman–Crippen MR) is 112 cm³/mol. The van der Waals surface area contributed by atoms with Gasteiger partial charge in [0.05, 0.1) is 6.42 Å². The van der Waals surface area contributed by atoms with Crippen LogP contribution in [0.15, 0.2) is 36.4 Å². The van der Waals surface area contributed by atoms with Crippen LogP contribution in [0.3, 0.4) is 0 Å². The SMILES string of the molecule is Cc1cc(C)n2nc(CC(=O)N(Cc3ccccc3)C3CCCC3(C)C)nc2n1. The number of carbonyl (C=O) groups is 1. The Hall–Kier alpha value is -2.76. The monoisotopic (exact) mass is 391 g/mol. The van der Waals surface area contributed by atoms with Crippen LogP contribution in [-0.2, 0) is 17.8 Å². The molecule has 1 saturated carbocycles. The minimum absolute atomic E-state index is 0.0825. The highest BCUT2D eigenvalue weighted by Gasteiger charge is 2.40. The maximum Gasteiger partial charge on any atom is 0.252 e. The van der Waals surface area contributed by atoms with E-state index in [4.69, 9.17) is 0 Å². The third-order valence-electron chi connectivity index (χ3n) is 6.06. The van der Waals surface area contributed by atoms with Crippen LogP contribution in [0.2, 0.25) is 0 Å². The van der Waals surface area contributed by atoms with Crippen molar-refractivity contribution in [3.63, 3.8) is 0 Å². The van der Waals surface area contributed by atoms with E-state index in [1.165, 1.54) is 0 Å². The Balaban J connectivity index is 1.62. The van der Waals surface area contributed by atoms with Crippen LogP contribution in [0.1, 0.15) is 55.9 Å². The molecule has 1 unspecified atom stereocenters. The fourth-order valence-electron chi connectivity index (χ4n) is 4.56. The first-order valence-corrected chi connectivity index (χ1v) is 10.4. The summed E-state index contributed by atoms with van der Waals surface area (Å²) >= 11 is 0. The van der Waals surface area contributed by atoms with Crippen LogP contribution in [0, 0.1) is 19.3 Å². The smallest absolute Gasteiger partial charge is 0.252 e. The molecule has 4 rings (SSSR count). The molecule has 0 saturated heterocycles. The van der Waals surface area contributed by atoms with E-state index in [9.17, 15) is 4.79 Å². The lowest BCUT2D eigenvalue weighted by molar-refractivity contribution is -0.135. The summed E-state index contributed by atoms with van der Waals surface area (Å²) in [7, 11) is 0. The maximum atomic E-state index is 13.4. The first-order chi connectivity index (χ1) is 13.8. The summed E-state index contributed by atoms with van der Waals surface area (Å²) in [5.41, 5.74) is 3.14. The molecule has 29 heavy (non-hydrogen) atoms. The first-order valence-electron chi connectivity index (χ1n) is 10.4. The number of hydrogen-bond acceptors (Lipinski definition) is 4. The maximum absolute atomic E-state index is 13.4. The molecule has 0 bridgehead atoms. The third-order valence-corrected chi connectivity index (χ3v) is 6.06. The van der Waals surface area contributed by atoms with Crippen molar-refractivity contribution in [2.75, 3.05) is 0 Å². The van der Waals surface area contributed by atoms with Gasteiger partial charge in [-0.25, -0.2) is 9.50 Å². The summed E-state index contributed by atoms with van der Waals surface area (Å²) in [6, 6.07) is 12.4. The van der Waals surface area contributed by atoms with Crippen molar-refractivity contribution in [2.24, 2.45) is 5.41 Å². The highest BCUT2D eigenvalue weighted by atomic mass is 16.2. The zero-order chi connectivity index (χ0) is 20.6. The Morgan fingerprint density at radius 2 is 1.97 bits per heavy atom. The highest BCUT2D eigenvalue weighted by molar-refractivity contribution is 5.78. The van der Waals surface area contributed by atoms with Crippen molar-refractivity contribution < 1.29 is 4.79 Å². The van der Waals surface area contributed by atoms with E-state index >= 15 is 0 Å². The Labute approximate surface area is 172 Å². The molecule has 6 nitrogen and oxygen atoms in total. The molecular formula is C23H29N5O. The van der Waals surface area contributed by atoms with Crippen LogP contribution in [0.5, 0.6) is 0 Å². The number of aromatic nitrogens is 4. The van der Waals surface area contributed by atoms with Gasteiger partial charge in [0.15, 0.2) is 5.82 Å². The Morgan fingerprint density at radius 3 is 2.66 bits per heavy atom. The molecule has 1 fully saturated rings. The Kier molecular flexibility index (Phi) is 5.11. The molecule has 1 amide bonds. The van der Waals surface area contributed by atoms with E-state index in [1.54, 1.807) is 4.52 Å². The van der Waals surface area contributed by atoms with E-state index in [2.05, 4.69) is 45.9 Å². The second kappa shape index (κ2) is 7.58. The number of hydrogen-bond donors (Lipinski definition) is 0. The van der Waals surface area contributed by atoms with E-state index in [0.717, 1.165) is 36.2 Å². The first kappa shape index (κ1) is 19.6. The van der Waals surface area contributed by atoms with Crippen molar-refractivity contribution in [3.05, 3.63) is 59.2 Å². The summed E-state index contributed by atoms with van der Waals surface area (Å²) in [5, 5.41) is 4.54. The quantitative estimate of drug-likeness (QED) is 0.662. The topological polar surface area (TPSA) is 63.4 Å². The number of fused-ring (bicyclic) bond motifs is 1. The van der Waals surface area contributed by atoms with Gasteiger partial charge >= 0.3 is 0 Å². The van der Waals surface area contributed by atoms with Crippen LogP contribution >= 0.6 is 0 Å². The van der Waals surface area contributed by atoms with Gasteiger partial charge in [0, 0.05) is 24.0 Å². The van der Waals surface area contributed by atoms with Gasteiger partial charge in [-0.15, -0.1) is 5.10 Å². The van der Waals surface area contributed by atoms with Crippen LogP contribution < -0.4 is 0 Å². The fourth-order valence-corrected chi connectivity index (χ4v) is 4.56. The largest absolute Gasteiger partial charge is 0.334 e. The van der Waals surface area contributed by atoms with E-state index in [1.807, 2.05) is 38.1 Å². The van der Waals surface area contributed by atoms with Gasteiger partial charge in [0.25, 0.3) is 5.78 Å². The average molecular weight is 392 g/mol. The second-order valence-electron chi connectivity index (χ2n) is 8.86. The number of amides is 1. The second-order valence-corrected chi connectivity index (χ2v) is 8.86. The zero-order valence-electron chi connectivity index (χ0n) is 17.7. The molecule has 0 radical (unpaired) electrons. The fraction of sp³-hybridized carbons (Fsp3) is 0.478. The summed E-state index contributed by atoms with van der Waals surface area (Å²) in [4.78, 5) is 24.5. The van der Waals surface area contributed by atoms with Gasteiger partial charge in [-0.3, -0.25) is 4.79 Å². The lowest BCUT2D eigenvalue weighted by Crippen LogP contribution is -2.46. The Bertz CT molecular complexity index is 1020. The number of benzene rings is 1. The van der Waals surface area contributed by atoms with Crippen molar-refractivity contribution in [1.29, 1.82) is 0 Å². The van der Waals surface area contributed by atoms with Gasteiger partial charge < -0.3 is 4.90 Å². The molecule has 2 heterocycles. The normalized spacial score (nSPS) is 18.3. The number of aryl methyl sites for hydroxylation is 2. The molecule has 2 aromatic heterocycles. The molecule has 1 aliphatic rings. The van der Waals surface area contributed by atoms with Crippen molar-refractivity contribution >= 4 is 11.7 Å². The molecule has 1 aliphatic carbocycles. The van der Waals surface area contributed by atoms with Crippen molar-refractivity contribution in [1.82, 2.24) is 24.5 Å². The van der Waals surface area contributed by atoms with E-state index in [-0.39, 0.29) is 23.8 Å². The van der Waals surface area contributed by atoms with Crippen LogP contribution in [-0.4, -0.2) is 36.4 Å². The number of rotatable bonds is 5. The molecule has 0 aliphatic heterocycles. The molecule has 6 heteroatoms. The molecule has 0 spiro atoms. The minimum atomic E-state index is 0.0825. The average Bonchev–Trinajstić information content (AvgIpc) is 3.22. The van der Waals surface area contributed by atoms with Gasteiger partial charge in [0.2, 0.25) is 5.91 Å². The third kappa shape index (κ3) is 4.02. The van der Waals surface area contributed by atoms with Gasteiger partial charge in [-0.05, 0) is 43.7 Å². The standard InChI is InChI=1S/C23H29N5O/c1-16-13-17(2)28-22(24-16)25-20(26-28)14-21(29)27(15-18-9-6-5-7-10-18)19-11-8-12-23(19,3)4/h5-7,9-10,13,19H,8,11-12,14-15H2,1-4H3. The highest BCUT2D eigenvalue weighted by Crippen LogP contribution is 2.41. The Morgan fingerprint density at radius 1 is 1.21 bits per heavy atom. The molecule has 0 N–H and O–H groups in total. The molecule has 3 aromatic rings. The van der Waals surface area contributed by atoms with Crippen LogP contribution in [0.25, 0.3) is 5.78 Å². The molecule has 1 aromatic carbocycles. The minimum Gasteiger partial charge on any atom is -0.334 e. The molecule has 1 atom stereocenters. The van der Waals surface area contributed by atoms with Crippen LogP contribution in [0.4, 0.5) is 0 Å². The summed E-state index contributed by atoms with van der Waals surface area (Å²) in [6.45, 7) is 9.09. The van der Waals surface area contributed by atoms with Gasteiger partial charge in [-0.1, -0.05) is 50.6 Å². The zero-order valence-corrected chi connectivity index (χ0v) is 17.7. The lowest BCUT2D eigenvalue weighted by Gasteiger charge is -2.37. The van der Waals surface area contributed by atoms with E-state index < -0.39 is 0 Å². The number of carbonyl (C=O) groups excluding carboxylic acids is 1. The summed E-state index contributed by atoms with van der Waals surface area (Å²) < 4.78 is 1.72. The number of nitrogens with zero attached hydrogens (tertiary/aromatic N) is 5. The predicted octanol–water partition coefficient (Wildman–Crippen LogP) is 3.89. The van der Waals surface area contributed by atoms with E-state index in [0.29, 0.717) is 18.1 Å². The summed E-state index contributed by atoms with van der Waals surface area (Å²) in [6.07, 6.45) is 3.54. The van der Waals surface area contributed by atoms with Gasteiger partial charge in [0.1, 0.15) is 0 Å². The molecular weight excluding hydrogens is 362 g/mol. The summed E-state index contributed by atoms with van der Waals surface area (Å²) in [5.74, 6) is 1.17.